The standard InChI is InChI=1S/C22H29ClN4OS/c1-16-24-19(15-29-16)14-26-11-7-17(8-12-26)22(28)25-18-5-6-21(20(23)13-18)27-9-3-2-4-10-27/h5-6,13,15,17H,2-4,7-12,14H2,1H3,(H,25,28). The van der Waals surface area contributed by atoms with Gasteiger partial charge in [-0.2, -0.15) is 0 Å². The Kier molecular flexibility index (Phi) is 6.73. The van der Waals surface area contributed by atoms with Gasteiger partial charge in [0, 0.05) is 36.6 Å². The van der Waals surface area contributed by atoms with E-state index in [0.717, 1.165) is 72.7 Å². The third-order valence-electron chi connectivity index (χ3n) is 5.92. The molecule has 29 heavy (non-hydrogen) atoms. The van der Waals surface area contributed by atoms with Crippen LogP contribution in [0.25, 0.3) is 0 Å². The Labute approximate surface area is 182 Å². The molecule has 7 heteroatoms. The minimum Gasteiger partial charge on any atom is -0.370 e. The highest BCUT2D eigenvalue weighted by molar-refractivity contribution is 7.09. The number of halogens is 1. The predicted octanol–water partition coefficient (Wildman–Crippen LogP) is 4.95. The number of hydrogen-bond acceptors (Lipinski definition) is 5. The molecule has 1 aromatic carbocycles. The zero-order valence-electron chi connectivity index (χ0n) is 17.0. The van der Waals surface area contributed by atoms with Crippen LogP contribution in [0.15, 0.2) is 23.6 Å². The number of carbonyl (C=O) groups is 1. The lowest BCUT2D eigenvalue weighted by Gasteiger charge is -2.31. The molecule has 0 aliphatic carbocycles. The van der Waals surface area contributed by atoms with Crippen molar-refractivity contribution >= 4 is 40.2 Å². The zero-order chi connectivity index (χ0) is 20.2. The van der Waals surface area contributed by atoms with Crippen LogP contribution in [0.5, 0.6) is 0 Å². The molecule has 1 aromatic heterocycles. The van der Waals surface area contributed by atoms with Gasteiger partial charge in [0.05, 0.1) is 21.4 Å². The monoisotopic (exact) mass is 432 g/mol. The largest absolute Gasteiger partial charge is 0.370 e. The summed E-state index contributed by atoms with van der Waals surface area (Å²) in [6, 6.07) is 5.91. The Morgan fingerprint density at radius 2 is 1.97 bits per heavy atom. The average molecular weight is 433 g/mol. The maximum atomic E-state index is 12.7. The van der Waals surface area contributed by atoms with Crippen molar-refractivity contribution in [1.82, 2.24) is 9.88 Å². The molecule has 0 atom stereocenters. The number of nitrogens with one attached hydrogen (secondary N) is 1. The number of anilines is 2. The lowest BCUT2D eigenvalue weighted by molar-refractivity contribution is -0.121. The van der Waals surface area contributed by atoms with E-state index in [4.69, 9.17) is 11.6 Å². The second-order valence-electron chi connectivity index (χ2n) is 8.11. The summed E-state index contributed by atoms with van der Waals surface area (Å²) in [5.41, 5.74) is 3.01. The maximum absolute atomic E-state index is 12.7. The van der Waals surface area contributed by atoms with Crippen molar-refractivity contribution in [3.63, 3.8) is 0 Å². The SMILES string of the molecule is Cc1nc(CN2CCC(C(=O)Nc3ccc(N4CCCCC4)c(Cl)c3)CC2)cs1. The van der Waals surface area contributed by atoms with Crippen molar-refractivity contribution in [2.75, 3.05) is 36.4 Å². The number of hydrogen-bond donors (Lipinski definition) is 1. The van der Waals surface area contributed by atoms with E-state index in [9.17, 15) is 4.79 Å². The lowest BCUT2D eigenvalue weighted by atomic mass is 9.95. The zero-order valence-corrected chi connectivity index (χ0v) is 18.6. The van der Waals surface area contributed by atoms with Gasteiger partial charge >= 0.3 is 0 Å². The van der Waals surface area contributed by atoms with E-state index in [2.05, 4.69) is 25.5 Å². The number of piperidine rings is 2. The number of rotatable bonds is 5. The highest BCUT2D eigenvalue weighted by Gasteiger charge is 2.25. The first kappa shape index (κ1) is 20.6. The number of thiazole rings is 1. The van der Waals surface area contributed by atoms with E-state index in [0.29, 0.717) is 0 Å². The average Bonchev–Trinajstić information content (AvgIpc) is 3.14. The summed E-state index contributed by atoms with van der Waals surface area (Å²) in [6.45, 7) is 6.91. The van der Waals surface area contributed by atoms with E-state index in [1.54, 1.807) is 11.3 Å². The molecule has 2 aliphatic rings. The van der Waals surface area contributed by atoms with Gasteiger partial charge in [-0.25, -0.2) is 4.98 Å². The number of aromatic nitrogens is 1. The molecule has 0 bridgehead atoms. The van der Waals surface area contributed by atoms with E-state index >= 15 is 0 Å². The van der Waals surface area contributed by atoms with Crippen LogP contribution in [0.4, 0.5) is 11.4 Å². The molecule has 0 spiro atoms. The van der Waals surface area contributed by atoms with Gasteiger partial charge in [-0.3, -0.25) is 9.69 Å². The summed E-state index contributed by atoms with van der Waals surface area (Å²) in [4.78, 5) is 22.0. The second kappa shape index (κ2) is 9.45. The molecule has 1 amide bonds. The van der Waals surface area contributed by atoms with Crippen molar-refractivity contribution in [3.8, 4) is 0 Å². The molecule has 0 unspecified atom stereocenters. The fourth-order valence-corrected chi connectivity index (χ4v) is 5.19. The van der Waals surface area contributed by atoms with Crippen LogP contribution in [-0.2, 0) is 11.3 Å². The first-order valence-electron chi connectivity index (χ1n) is 10.6. The predicted molar refractivity (Wildman–Crippen MR) is 121 cm³/mol. The van der Waals surface area contributed by atoms with Crippen LogP contribution < -0.4 is 10.2 Å². The van der Waals surface area contributed by atoms with Crippen molar-refractivity contribution in [2.45, 2.75) is 45.6 Å². The number of carbonyl (C=O) groups excluding carboxylic acids is 1. The van der Waals surface area contributed by atoms with E-state index in [1.807, 2.05) is 25.1 Å². The molecule has 2 fully saturated rings. The smallest absolute Gasteiger partial charge is 0.227 e. The Morgan fingerprint density at radius 3 is 2.62 bits per heavy atom. The van der Waals surface area contributed by atoms with Crippen LogP contribution in [0.1, 0.15) is 42.8 Å². The Hall–Kier alpha value is -1.63. The summed E-state index contributed by atoms with van der Waals surface area (Å²) in [5.74, 6) is 0.167. The summed E-state index contributed by atoms with van der Waals surface area (Å²) >= 11 is 8.22. The van der Waals surface area contributed by atoms with Gasteiger partial charge in [0.15, 0.2) is 0 Å². The lowest BCUT2D eigenvalue weighted by Crippen LogP contribution is -2.37. The van der Waals surface area contributed by atoms with Crippen molar-refractivity contribution in [2.24, 2.45) is 5.92 Å². The number of likely N-dealkylation sites (tertiary alicyclic amines) is 1. The molecule has 3 heterocycles. The molecule has 1 N–H and O–H groups in total. The second-order valence-corrected chi connectivity index (χ2v) is 9.58. The molecule has 5 nitrogen and oxygen atoms in total. The van der Waals surface area contributed by atoms with Crippen LogP contribution in [0.2, 0.25) is 5.02 Å². The molecular weight excluding hydrogens is 404 g/mol. The molecule has 2 saturated heterocycles. The summed E-state index contributed by atoms with van der Waals surface area (Å²) < 4.78 is 0. The van der Waals surface area contributed by atoms with Crippen molar-refractivity contribution in [3.05, 3.63) is 39.3 Å². The normalized spacial score (nSPS) is 18.8. The molecule has 4 rings (SSSR count). The Balaban J connectivity index is 1.29. The summed E-state index contributed by atoms with van der Waals surface area (Å²) in [5, 5.41) is 7.04. The van der Waals surface area contributed by atoms with Crippen LogP contribution in [-0.4, -0.2) is 42.0 Å². The third-order valence-corrected chi connectivity index (χ3v) is 7.05. The van der Waals surface area contributed by atoms with Crippen LogP contribution in [0.3, 0.4) is 0 Å². The Morgan fingerprint density at radius 1 is 1.21 bits per heavy atom. The van der Waals surface area contributed by atoms with E-state index < -0.39 is 0 Å². The van der Waals surface area contributed by atoms with Crippen LogP contribution in [0, 0.1) is 12.8 Å². The first-order chi connectivity index (χ1) is 14.1. The number of amides is 1. The summed E-state index contributed by atoms with van der Waals surface area (Å²) in [7, 11) is 0. The topological polar surface area (TPSA) is 48.5 Å². The third kappa shape index (κ3) is 5.30. The maximum Gasteiger partial charge on any atom is 0.227 e. The van der Waals surface area contributed by atoms with E-state index in [-0.39, 0.29) is 11.8 Å². The molecular formula is C22H29ClN4OS. The van der Waals surface area contributed by atoms with E-state index in [1.165, 1.54) is 19.3 Å². The van der Waals surface area contributed by atoms with Gasteiger partial charge in [0.2, 0.25) is 5.91 Å². The van der Waals surface area contributed by atoms with Gasteiger partial charge in [-0.15, -0.1) is 11.3 Å². The summed E-state index contributed by atoms with van der Waals surface area (Å²) in [6.07, 6.45) is 5.50. The number of aryl methyl sites for hydroxylation is 1. The van der Waals surface area contributed by atoms with Gasteiger partial charge in [0.1, 0.15) is 0 Å². The van der Waals surface area contributed by atoms with Gasteiger partial charge in [-0.1, -0.05) is 11.6 Å². The van der Waals surface area contributed by atoms with Crippen molar-refractivity contribution in [1.29, 1.82) is 0 Å². The fraction of sp³-hybridized carbons (Fsp3) is 0.545. The fourth-order valence-electron chi connectivity index (χ4n) is 4.28. The van der Waals surface area contributed by atoms with Gasteiger partial charge in [0.25, 0.3) is 0 Å². The van der Waals surface area contributed by atoms with Gasteiger partial charge in [-0.05, 0) is 70.3 Å². The molecule has 0 radical (unpaired) electrons. The number of nitrogens with zero attached hydrogens (tertiary/aromatic N) is 3. The highest BCUT2D eigenvalue weighted by Crippen LogP contribution is 2.31. The van der Waals surface area contributed by atoms with Crippen LogP contribution >= 0.6 is 22.9 Å². The number of benzene rings is 1. The molecule has 156 valence electrons. The van der Waals surface area contributed by atoms with Crippen molar-refractivity contribution < 1.29 is 4.79 Å². The minimum absolute atomic E-state index is 0.0592. The molecule has 2 aliphatic heterocycles. The highest BCUT2D eigenvalue weighted by atomic mass is 35.5. The molecule has 0 saturated carbocycles. The van der Waals surface area contributed by atoms with Gasteiger partial charge < -0.3 is 10.2 Å². The molecule has 2 aromatic rings. The Bertz CT molecular complexity index is 841. The quantitative estimate of drug-likeness (QED) is 0.726. The minimum atomic E-state index is 0.0592. The first-order valence-corrected chi connectivity index (χ1v) is 11.8.